The van der Waals surface area contributed by atoms with Gasteiger partial charge in [0.2, 0.25) is 0 Å². The van der Waals surface area contributed by atoms with Crippen molar-refractivity contribution in [3.05, 3.63) is 95.0 Å². The van der Waals surface area contributed by atoms with Gasteiger partial charge in [0.1, 0.15) is 5.82 Å². The van der Waals surface area contributed by atoms with Crippen molar-refractivity contribution in [2.75, 3.05) is 5.32 Å². The number of nitrogens with one attached hydrogen (secondary N) is 1. The van der Waals surface area contributed by atoms with E-state index >= 15 is 0 Å². The van der Waals surface area contributed by atoms with Crippen LogP contribution in [-0.2, 0) is 0 Å². The fraction of sp³-hybridized carbons (Fsp3) is 0.125. The molecule has 0 saturated carbocycles. The Hall–Kier alpha value is -4.13. The second-order valence-electron chi connectivity index (χ2n) is 7.25. The normalized spacial score (nSPS) is 10.8. The highest BCUT2D eigenvalue weighted by Crippen LogP contribution is 2.30. The van der Waals surface area contributed by atoms with E-state index in [9.17, 15) is 9.59 Å². The Balaban J connectivity index is 1.79. The summed E-state index contributed by atoms with van der Waals surface area (Å²) in [5.41, 5.74) is 3.21. The van der Waals surface area contributed by atoms with Crippen LogP contribution in [0.3, 0.4) is 0 Å². The van der Waals surface area contributed by atoms with Gasteiger partial charge < -0.3 is 5.32 Å². The fourth-order valence-electron chi connectivity index (χ4n) is 3.18. The van der Waals surface area contributed by atoms with E-state index in [1.807, 2.05) is 50.2 Å². The maximum absolute atomic E-state index is 12.5. The Labute approximate surface area is 179 Å². The molecule has 7 nitrogen and oxygen atoms in total. The number of anilines is 1. The molecule has 0 aliphatic heterocycles. The lowest BCUT2D eigenvalue weighted by Gasteiger charge is -2.14. The third kappa shape index (κ3) is 4.40. The molecule has 4 rings (SSSR count). The number of benzene rings is 1. The van der Waals surface area contributed by atoms with Gasteiger partial charge in [-0.1, -0.05) is 30.3 Å². The number of pyridine rings is 2. The number of aromatic nitrogens is 4. The Kier molecular flexibility index (Phi) is 5.66. The number of nitrogens with zero attached hydrogens (tertiary/aromatic N) is 4. The van der Waals surface area contributed by atoms with Crippen LogP contribution in [0.15, 0.2) is 83.9 Å². The summed E-state index contributed by atoms with van der Waals surface area (Å²) in [6.45, 7) is 3.82. The van der Waals surface area contributed by atoms with E-state index in [1.54, 1.807) is 30.5 Å². The number of amides is 1. The standard InChI is InChI=1S/C24H21N5O2/c1-16(2)29-22(30)13-11-20(28-29)19-10-12-21(26-23(19)17-7-4-3-5-8-17)27-24(31)18-9-6-14-25-15-18/h3-16H,1-2H3,(H,26,27,31). The van der Waals surface area contributed by atoms with Crippen LogP contribution in [0.25, 0.3) is 22.5 Å². The van der Waals surface area contributed by atoms with Crippen molar-refractivity contribution in [3.8, 4) is 22.5 Å². The van der Waals surface area contributed by atoms with Crippen molar-refractivity contribution < 1.29 is 4.79 Å². The molecule has 0 unspecified atom stereocenters. The molecular weight excluding hydrogens is 390 g/mol. The monoisotopic (exact) mass is 411 g/mol. The first-order chi connectivity index (χ1) is 15.0. The average molecular weight is 411 g/mol. The van der Waals surface area contributed by atoms with Gasteiger partial charge in [-0.2, -0.15) is 5.10 Å². The minimum absolute atomic E-state index is 0.0707. The molecule has 0 atom stereocenters. The number of hydrogen-bond donors (Lipinski definition) is 1. The minimum Gasteiger partial charge on any atom is -0.306 e. The van der Waals surface area contributed by atoms with Crippen LogP contribution in [0, 0.1) is 0 Å². The molecule has 31 heavy (non-hydrogen) atoms. The summed E-state index contributed by atoms with van der Waals surface area (Å²) in [6, 6.07) is 19.8. The van der Waals surface area contributed by atoms with E-state index in [0.29, 0.717) is 22.8 Å². The Morgan fingerprint density at radius 2 is 1.77 bits per heavy atom. The summed E-state index contributed by atoms with van der Waals surface area (Å²) in [4.78, 5) is 33.4. The van der Waals surface area contributed by atoms with Gasteiger partial charge in [0.05, 0.1) is 23.0 Å². The first-order valence-electron chi connectivity index (χ1n) is 9.91. The Bertz CT molecular complexity index is 1270. The highest BCUT2D eigenvalue weighted by Gasteiger charge is 2.15. The highest BCUT2D eigenvalue weighted by atomic mass is 16.1. The molecule has 1 N–H and O–H groups in total. The van der Waals surface area contributed by atoms with E-state index in [-0.39, 0.29) is 17.5 Å². The zero-order chi connectivity index (χ0) is 21.8. The van der Waals surface area contributed by atoms with Crippen molar-refractivity contribution >= 4 is 11.7 Å². The fourth-order valence-corrected chi connectivity index (χ4v) is 3.18. The van der Waals surface area contributed by atoms with Gasteiger partial charge in [-0.3, -0.25) is 14.6 Å². The lowest BCUT2D eigenvalue weighted by molar-refractivity contribution is 0.102. The molecule has 0 saturated heterocycles. The molecule has 3 aromatic heterocycles. The number of rotatable bonds is 5. The highest BCUT2D eigenvalue weighted by molar-refractivity contribution is 6.03. The maximum atomic E-state index is 12.5. The van der Waals surface area contributed by atoms with Crippen LogP contribution in [0.2, 0.25) is 0 Å². The molecule has 0 radical (unpaired) electrons. The predicted molar refractivity (Wildman–Crippen MR) is 120 cm³/mol. The third-order valence-corrected chi connectivity index (χ3v) is 4.70. The zero-order valence-electron chi connectivity index (χ0n) is 17.2. The van der Waals surface area contributed by atoms with Gasteiger partial charge in [-0.05, 0) is 44.2 Å². The molecule has 0 aliphatic rings. The second-order valence-corrected chi connectivity index (χ2v) is 7.25. The molecule has 4 aromatic rings. The van der Waals surface area contributed by atoms with Crippen molar-refractivity contribution in [1.29, 1.82) is 0 Å². The maximum Gasteiger partial charge on any atom is 0.267 e. The van der Waals surface area contributed by atoms with Gasteiger partial charge in [-0.25, -0.2) is 9.67 Å². The molecule has 0 fully saturated rings. The molecule has 0 spiro atoms. The van der Waals surface area contributed by atoms with Gasteiger partial charge in [0.15, 0.2) is 0 Å². The number of hydrogen-bond acceptors (Lipinski definition) is 5. The van der Waals surface area contributed by atoms with Crippen LogP contribution in [-0.4, -0.2) is 25.7 Å². The number of carbonyl (C=O) groups is 1. The van der Waals surface area contributed by atoms with Crippen molar-refractivity contribution in [1.82, 2.24) is 19.7 Å². The summed E-state index contributed by atoms with van der Waals surface area (Å²) in [7, 11) is 0. The van der Waals surface area contributed by atoms with E-state index in [0.717, 1.165) is 11.1 Å². The molecule has 7 heteroatoms. The smallest absolute Gasteiger partial charge is 0.267 e. The molecular formula is C24H21N5O2. The summed E-state index contributed by atoms with van der Waals surface area (Å²) >= 11 is 0. The Morgan fingerprint density at radius 1 is 0.968 bits per heavy atom. The van der Waals surface area contributed by atoms with Gasteiger partial charge in [0, 0.05) is 29.6 Å². The van der Waals surface area contributed by atoms with Crippen molar-refractivity contribution in [2.24, 2.45) is 0 Å². The van der Waals surface area contributed by atoms with Crippen LogP contribution in [0.1, 0.15) is 30.2 Å². The van der Waals surface area contributed by atoms with Crippen molar-refractivity contribution in [3.63, 3.8) is 0 Å². The van der Waals surface area contributed by atoms with Gasteiger partial charge >= 0.3 is 0 Å². The van der Waals surface area contributed by atoms with Gasteiger partial charge in [-0.15, -0.1) is 0 Å². The second kappa shape index (κ2) is 8.71. The summed E-state index contributed by atoms with van der Waals surface area (Å²) in [5, 5.41) is 7.36. The first-order valence-corrected chi connectivity index (χ1v) is 9.91. The SMILES string of the molecule is CC(C)n1nc(-c2ccc(NC(=O)c3cccnc3)nc2-c2ccccc2)ccc1=O. The summed E-state index contributed by atoms with van der Waals surface area (Å²) < 4.78 is 1.45. The topological polar surface area (TPSA) is 89.8 Å². The summed E-state index contributed by atoms with van der Waals surface area (Å²) in [5.74, 6) is 0.118. The largest absolute Gasteiger partial charge is 0.306 e. The number of carbonyl (C=O) groups excluding carboxylic acids is 1. The van der Waals surface area contributed by atoms with Crippen LogP contribution >= 0.6 is 0 Å². The quantitative estimate of drug-likeness (QED) is 0.532. The van der Waals surface area contributed by atoms with E-state index < -0.39 is 0 Å². The third-order valence-electron chi connectivity index (χ3n) is 4.70. The van der Waals surface area contributed by atoms with E-state index in [1.165, 1.54) is 16.9 Å². The first kappa shape index (κ1) is 20.2. The van der Waals surface area contributed by atoms with Crippen LogP contribution in [0.4, 0.5) is 5.82 Å². The Morgan fingerprint density at radius 3 is 2.48 bits per heavy atom. The molecule has 1 amide bonds. The summed E-state index contributed by atoms with van der Waals surface area (Å²) in [6.07, 6.45) is 3.11. The van der Waals surface area contributed by atoms with Crippen LogP contribution in [0.5, 0.6) is 0 Å². The van der Waals surface area contributed by atoms with E-state index in [4.69, 9.17) is 4.98 Å². The molecule has 3 heterocycles. The minimum atomic E-state index is -0.293. The van der Waals surface area contributed by atoms with E-state index in [2.05, 4.69) is 15.4 Å². The molecule has 154 valence electrons. The predicted octanol–water partition coefficient (Wildman–Crippen LogP) is 4.20. The lowest BCUT2D eigenvalue weighted by atomic mass is 10.0. The van der Waals surface area contributed by atoms with Crippen LogP contribution < -0.4 is 10.9 Å². The molecule has 0 bridgehead atoms. The van der Waals surface area contributed by atoms with Gasteiger partial charge in [0.25, 0.3) is 11.5 Å². The average Bonchev–Trinajstić information content (AvgIpc) is 2.80. The zero-order valence-corrected chi connectivity index (χ0v) is 17.2. The molecule has 1 aromatic carbocycles. The lowest BCUT2D eigenvalue weighted by Crippen LogP contribution is -2.24. The molecule has 0 aliphatic carbocycles. The van der Waals surface area contributed by atoms with Crippen molar-refractivity contribution in [2.45, 2.75) is 19.9 Å².